The molecule has 1 heterocycles. The molecule has 1 aliphatic rings. The summed E-state index contributed by atoms with van der Waals surface area (Å²) in [4.78, 5) is 13.1. The summed E-state index contributed by atoms with van der Waals surface area (Å²) in [5.74, 6) is 0.397. The molecular formula is C8H17N3O. The van der Waals surface area contributed by atoms with Gasteiger partial charge >= 0.3 is 6.03 Å². The van der Waals surface area contributed by atoms with Crippen LogP contribution in [-0.4, -0.2) is 37.1 Å². The second-order valence-corrected chi connectivity index (χ2v) is 3.37. The van der Waals surface area contributed by atoms with E-state index in [1.807, 2.05) is 4.90 Å². The molecule has 1 saturated heterocycles. The third kappa shape index (κ3) is 2.37. The first-order chi connectivity index (χ1) is 5.74. The highest BCUT2D eigenvalue weighted by atomic mass is 16.2. The minimum atomic E-state index is 0.0570. The summed E-state index contributed by atoms with van der Waals surface area (Å²) >= 11 is 0. The van der Waals surface area contributed by atoms with Crippen LogP contribution < -0.4 is 11.1 Å². The monoisotopic (exact) mass is 171 g/mol. The smallest absolute Gasteiger partial charge is 0.317 e. The quantitative estimate of drug-likeness (QED) is 0.627. The van der Waals surface area contributed by atoms with Gasteiger partial charge in [0.05, 0.1) is 0 Å². The number of hydrogen-bond acceptors (Lipinski definition) is 2. The van der Waals surface area contributed by atoms with E-state index in [2.05, 4.69) is 12.2 Å². The van der Waals surface area contributed by atoms with Crippen LogP contribution >= 0.6 is 0 Å². The van der Waals surface area contributed by atoms with Crippen LogP contribution in [0.25, 0.3) is 0 Å². The average Bonchev–Trinajstić information content (AvgIpc) is 2.09. The predicted octanol–water partition coefficient (Wildman–Crippen LogP) is -0.00350. The third-order valence-corrected chi connectivity index (χ3v) is 2.10. The van der Waals surface area contributed by atoms with Crippen LogP contribution in [0.15, 0.2) is 0 Å². The molecule has 3 N–H and O–H groups in total. The number of nitrogens with two attached hydrogens (primary N) is 1. The maximum atomic E-state index is 11.2. The fourth-order valence-corrected chi connectivity index (χ4v) is 1.30. The van der Waals surface area contributed by atoms with Crippen molar-refractivity contribution in [1.82, 2.24) is 10.2 Å². The zero-order valence-corrected chi connectivity index (χ0v) is 7.55. The summed E-state index contributed by atoms with van der Waals surface area (Å²) in [7, 11) is 0. The normalized spacial score (nSPS) is 20.5. The topological polar surface area (TPSA) is 58.4 Å². The highest BCUT2D eigenvalue weighted by Crippen LogP contribution is 2.03. The number of urea groups is 1. The Morgan fingerprint density at radius 3 is 3.08 bits per heavy atom. The summed E-state index contributed by atoms with van der Waals surface area (Å²) in [6, 6.07) is 0.0570. The van der Waals surface area contributed by atoms with Crippen molar-refractivity contribution >= 4 is 6.03 Å². The van der Waals surface area contributed by atoms with Crippen LogP contribution in [0, 0.1) is 5.92 Å². The zero-order chi connectivity index (χ0) is 8.97. The summed E-state index contributed by atoms with van der Waals surface area (Å²) in [6.07, 6.45) is 1.04. The van der Waals surface area contributed by atoms with E-state index in [0.29, 0.717) is 12.5 Å². The fourth-order valence-electron chi connectivity index (χ4n) is 1.30. The van der Waals surface area contributed by atoms with E-state index in [9.17, 15) is 4.79 Å². The van der Waals surface area contributed by atoms with Crippen LogP contribution in [0.3, 0.4) is 0 Å². The maximum Gasteiger partial charge on any atom is 0.317 e. The van der Waals surface area contributed by atoms with Gasteiger partial charge in [-0.2, -0.15) is 0 Å². The van der Waals surface area contributed by atoms with Crippen molar-refractivity contribution in [2.45, 2.75) is 13.3 Å². The van der Waals surface area contributed by atoms with Gasteiger partial charge in [0.1, 0.15) is 0 Å². The lowest BCUT2D eigenvalue weighted by Gasteiger charge is -2.29. The van der Waals surface area contributed by atoms with E-state index in [1.165, 1.54) is 0 Å². The summed E-state index contributed by atoms with van der Waals surface area (Å²) in [5.41, 5.74) is 5.48. The molecule has 1 aliphatic heterocycles. The lowest BCUT2D eigenvalue weighted by molar-refractivity contribution is 0.178. The largest absolute Gasteiger partial charge is 0.338 e. The first kappa shape index (κ1) is 9.32. The Balaban J connectivity index is 2.34. The van der Waals surface area contributed by atoms with Gasteiger partial charge in [0.15, 0.2) is 0 Å². The molecule has 0 bridgehead atoms. The van der Waals surface area contributed by atoms with Gasteiger partial charge in [0, 0.05) is 19.6 Å². The van der Waals surface area contributed by atoms with Crippen molar-refractivity contribution < 1.29 is 4.79 Å². The number of carbonyl (C=O) groups excluding carboxylic acids is 1. The molecule has 4 nitrogen and oxygen atoms in total. The second kappa shape index (κ2) is 4.30. The van der Waals surface area contributed by atoms with E-state index >= 15 is 0 Å². The van der Waals surface area contributed by atoms with Gasteiger partial charge in [0.25, 0.3) is 0 Å². The van der Waals surface area contributed by atoms with Crippen LogP contribution in [0.5, 0.6) is 0 Å². The number of hydrogen-bond donors (Lipinski definition) is 2. The highest BCUT2D eigenvalue weighted by Gasteiger charge is 2.18. The van der Waals surface area contributed by atoms with E-state index in [4.69, 9.17) is 5.73 Å². The first-order valence-electron chi connectivity index (χ1n) is 4.47. The average molecular weight is 171 g/mol. The molecule has 0 aliphatic carbocycles. The Kier molecular flexibility index (Phi) is 3.34. The van der Waals surface area contributed by atoms with Gasteiger partial charge in [-0.3, -0.25) is 0 Å². The first-order valence-corrected chi connectivity index (χ1v) is 4.47. The molecule has 0 aromatic heterocycles. The molecule has 0 saturated carbocycles. The van der Waals surface area contributed by atoms with Gasteiger partial charge in [-0.1, -0.05) is 6.92 Å². The summed E-state index contributed by atoms with van der Waals surface area (Å²) in [5, 5.41) is 2.81. The Morgan fingerprint density at radius 1 is 1.75 bits per heavy atom. The van der Waals surface area contributed by atoms with Crippen LogP contribution in [0.4, 0.5) is 4.79 Å². The molecule has 1 rings (SSSR count). The zero-order valence-electron chi connectivity index (χ0n) is 7.55. The van der Waals surface area contributed by atoms with Crippen LogP contribution in [0.2, 0.25) is 0 Å². The maximum absolute atomic E-state index is 11.2. The van der Waals surface area contributed by atoms with Gasteiger partial charge in [-0.25, -0.2) is 4.79 Å². The second-order valence-electron chi connectivity index (χ2n) is 3.37. The molecule has 0 aromatic carbocycles. The van der Waals surface area contributed by atoms with E-state index < -0.39 is 0 Å². The van der Waals surface area contributed by atoms with Crippen molar-refractivity contribution in [2.24, 2.45) is 11.7 Å². The molecule has 4 heteroatoms. The lowest BCUT2D eigenvalue weighted by Crippen LogP contribution is -2.48. The molecular weight excluding hydrogens is 154 g/mol. The summed E-state index contributed by atoms with van der Waals surface area (Å²) < 4.78 is 0. The Hall–Kier alpha value is -0.770. The van der Waals surface area contributed by atoms with Crippen molar-refractivity contribution in [1.29, 1.82) is 0 Å². The molecule has 0 aromatic rings. The third-order valence-electron chi connectivity index (χ3n) is 2.10. The predicted molar refractivity (Wildman–Crippen MR) is 47.8 cm³/mol. The van der Waals surface area contributed by atoms with E-state index in [-0.39, 0.29) is 6.03 Å². The number of amides is 2. The molecule has 1 atom stereocenters. The van der Waals surface area contributed by atoms with Crippen LogP contribution in [0.1, 0.15) is 13.3 Å². The Morgan fingerprint density at radius 2 is 2.50 bits per heavy atom. The standard InChI is InChI=1S/C8H17N3O/c1-7(5-9)6-11-4-2-3-10-8(11)12/h7H,2-6,9H2,1H3,(H,10,12). The number of nitrogens with one attached hydrogen (secondary N) is 1. The lowest BCUT2D eigenvalue weighted by atomic mass is 10.1. The molecule has 2 amide bonds. The molecule has 0 radical (unpaired) electrons. The van der Waals surface area contributed by atoms with E-state index in [0.717, 1.165) is 26.1 Å². The van der Waals surface area contributed by atoms with Gasteiger partial charge < -0.3 is 16.0 Å². The van der Waals surface area contributed by atoms with Gasteiger partial charge in [-0.05, 0) is 18.9 Å². The molecule has 1 unspecified atom stereocenters. The number of carbonyl (C=O) groups is 1. The SMILES string of the molecule is CC(CN)CN1CCCNC1=O. The molecule has 70 valence electrons. The number of rotatable bonds is 3. The van der Waals surface area contributed by atoms with Crippen molar-refractivity contribution in [3.63, 3.8) is 0 Å². The fraction of sp³-hybridized carbons (Fsp3) is 0.875. The Bertz CT molecular complexity index is 160. The number of nitrogens with zero attached hydrogens (tertiary/aromatic N) is 1. The van der Waals surface area contributed by atoms with Crippen molar-refractivity contribution in [3.05, 3.63) is 0 Å². The Labute approximate surface area is 73.1 Å². The summed E-state index contributed by atoms with van der Waals surface area (Å²) in [6.45, 7) is 5.16. The minimum absolute atomic E-state index is 0.0570. The molecule has 0 spiro atoms. The van der Waals surface area contributed by atoms with Crippen LogP contribution in [-0.2, 0) is 0 Å². The minimum Gasteiger partial charge on any atom is -0.338 e. The highest BCUT2D eigenvalue weighted by molar-refractivity contribution is 5.74. The molecule has 1 fully saturated rings. The van der Waals surface area contributed by atoms with Crippen molar-refractivity contribution in [2.75, 3.05) is 26.2 Å². The van der Waals surface area contributed by atoms with Gasteiger partial charge in [-0.15, -0.1) is 0 Å². The molecule has 12 heavy (non-hydrogen) atoms. The van der Waals surface area contributed by atoms with E-state index in [1.54, 1.807) is 0 Å². The van der Waals surface area contributed by atoms with Gasteiger partial charge in [0.2, 0.25) is 0 Å². The van der Waals surface area contributed by atoms with Crippen molar-refractivity contribution in [3.8, 4) is 0 Å².